The fourth-order valence-electron chi connectivity index (χ4n) is 2.84. The third-order valence-corrected chi connectivity index (χ3v) is 4.06. The maximum absolute atomic E-state index is 9.37. The lowest BCUT2D eigenvalue weighted by Crippen LogP contribution is -2.00. The number of aliphatic hydroxyl groups excluding tert-OH is 1. The van der Waals surface area contributed by atoms with Crippen LogP contribution in [-0.2, 0) is 13.7 Å². The van der Waals surface area contributed by atoms with Gasteiger partial charge in [0.15, 0.2) is 0 Å². The van der Waals surface area contributed by atoms with E-state index in [-0.39, 0.29) is 6.61 Å². The van der Waals surface area contributed by atoms with E-state index in [9.17, 15) is 5.11 Å². The van der Waals surface area contributed by atoms with E-state index >= 15 is 0 Å². The molecule has 0 fully saturated rings. The SMILES string of the molecule is Cn1c(-c2nn(-c3ccccc3)c3ccccc23)cnc1CO. The van der Waals surface area contributed by atoms with E-state index in [0.29, 0.717) is 5.82 Å². The van der Waals surface area contributed by atoms with Crippen LogP contribution in [0.15, 0.2) is 60.8 Å². The summed E-state index contributed by atoms with van der Waals surface area (Å²) in [6.45, 7) is -0.0895. The molecule has 2 aromatic carbocycles. The van der Waals surface area contributed by atoms with Gasteiger partial charge < -0.3 is 9.67 Å². The molecule has 0 spiro atoms. The predicted octanol–water partition coefficient (Wildman–Crippen LogP) is 2.92. The van der Waals surface area contributed by atoms with Gasteiger partial charge in [0, 0.05) is 12.4 Å². The Morgan fingerprint density at radius 1 is 1.00 bits per heavy atom. The number of hydrogen-bond donors (Lipinski definition) is 1. The highest BCUT2D eigenvalue weighted by molar-refractivity contribution is 5.93. The number of imidazole rings is 1. The molecule has 0 aliphatic heterocycles. The highest BCUT2D eigenvalue weighted by Crippen LogP contribution is 2.29. The van der Waals surface area contributed by atoms with E-state index < -0.39 is 0 Å². The molecular formula is C18H16N4O. The van der Waals surface area contributed by atoms with Crippen molar-refractivity contribution in [2.45, 2.75) is 6.61 Å². The summed E-state index contributed by atoms with van der Waals surface area (Å²) in [6.07, 6.45) is 1.76. The number of aliphatic hydroxyl groups is 1. The van der Waals surface area contributed by atoms with Crippen LogP contribution in [0.4, 0.5) is 0 Å². The number of aromatic nitrogens is 4. The topological polar surface area (TPSA) is 55.9 Å². The van der Waals surface area contributed by atoms with Crippen LogP contribution in [0.5, 0.6) is 0 Å². The van der Waals surface area contributed by atoms with Gasteiger partial charge in [-0.3, -0.25) is 0 Å². The van der Waals surface area contributed by atoms with Crippen molar-refractivity contribution < 1.29 is 5.11 Å². The lowest BCUT2D eigenvalue weighted by molar-refractivity contribution is 0.267. The fraction of sp³-hybridized carbons (Fsp3) is 0.111. The minimum atomic E-state index is -0.0895. The van der Waals surface area contributed by atoms with Gasteiger partial charge in [0.1, 0.15) is 18.1 Å². The Kier molecular flexibility index (Phi) is 3.20. The lowest BCUT2D eigenvalue weighted by atomic mass is 10.2. The van der Waals surface area contributed by atoms with E-state index in [2.05, 4.69) is 17.1 Å². The average Bonchev–Trinajstić information content (AvgIpc) is 3.16. The Morgan fingerprint density at radius 2 is 1.74 bits per heavy atom. The van der Waals surface area contributed by atoms with E-state index in [0.717, 1.165) is 28.0 Å². The molecule has 23 heavy (non-hydrogen) atoms. The third-order valence-electron chi connectivity index (χ3n) is 4.06. The minimum absolute atomic E-state index is 0.0895. The molecule has 0 saturated carbocycles. The molecule has 0 aliphatic rings. The average molecular weight is 304 g/mol. The normalized spacial score (nSPS) is 11.2. The van der Waals surface area contributed by atoms with Crippen LogP contribution in [0.25, 0.3) is 28.0 Å². The molecule has 0 amide bonds. The van der Waals surface area contributed by atoms with E-state index in [1.807, 2.05) is 58.8 Å². The summed E-state index contributed by atoms with van der Waals surface area (Å²) in [6, 6.07) is 18.2. The smallest absolute Gasteiger partial charge is 0.134 e. The third kappa shape index (κ3) is 2.13. The maximum atomic E-state index is 9.37. The Hall–Kier alpha value is -2.92. The summed E-state index contributed by atoms with van der Waals surface area (Å²) < 4.78 is 3.82. The van der Waals surface area contributed by atoms with Crippen molar-refractivity contribution in [2.75, 3.05) is 0 Å². The van der Waals surface area contributed by atoms with Crippen LogP contribution in [0, 0.1) is 0 Å². The van der Waals surface area contributed by atoms with Crippen LogP contribution in [0.3, 0.4) is 0 Å². The van der Waals surface area contributed by atoms with Crippen molar-refractivity contribution in [2.24, 2.45) is 7.05 Å². The molecule has 0 atom stereocenters. The summed E-state index contributed by atoms with van der Waals surface area (Å²) in [5.74, 6) is 0.623. The molecule has 2 aromatic heterocycles. The van der Waals surface area contributed by atoms with Crippen molar-refractivity contribution in [3.05, 3.63) is 66.6 Å². The summed E-state index contributed by atoms with van der Waals surface area (Å²) in [4.78, 5) is 4.26. The number of fused-ring (bicyclic) bond motifs is 1. The van der Waals surface area contributed by atoms with Gasteiger partial charge >= 0.3 is 0 Å². The number of para-hydroxylation sites is 2. The molecule has 1 N–H and O–H groups in total. The van der Waals surface area contributed by atoms with Gasteiger partial charge in [-0.1, -0.05) is 36.4 Å². The first-order chi connectivity index (χ1) is 11.3. The molecule has 0 unspecified atom stereocenters. The monoisotopic (exact) mass is 304 g/mol. The molecule has 114 valence electrons. The second kappa shape index (κ2) is 5.37. The summed E-state index contributed by atoms with van der Waals surface area (Å²) in [7, 11) is 1.89. The highest BCUT2D eigenvalue weighted by Gasteiger charge is 2.17. The molecule has 4 rings (SSSR count). The zero-order valence-corrected chi connectivity index (χ0v) is 12.7. The van der Waals surface area contributed by atoms with Crippen LogP contribution in [0.2, 0.25) is 0 Å². The lowest BCUT2D eigenvalue weighted by Gasteiger charge is -2.03. The Morgan fingerprint density at radius 3 is 2.48 bits per heavy atom. The van der Waals surface area contributed by atoms with Crippen LogP contribution >= 0.6 is 0 Å². The van der Waals surface area contributed by atoms with Crippen molar-refractivity contribution >= 4 is 10.9 Å². The summed E-state index contributed by atoms with van der Waals surface area (Å²) >= 11 is 0. The molecule has 0 radical (unpaired) electrons. The van der Waals surface area contributed by atoms with Gasteiger partial charge in [-0.25, -0.2) is 9.67 Å². The van der Waals surface area contributed by atoms with Gasteiger partial charge in [-0.2, -0.15) is 5.10 Å². The van der Waals surface area contributed by atoms with Crippen molar-refractivity contribution in [1.82, 2.24) is 19.3 Å². The first kappa shape index (κ1) is 13.7. The molecular weight excluding hydrogens is 288 g/mol. The van der Waals surface area contributed by atoms with Gasteiger partial charge in [0.05, 0.1) is 23.1 Å². The Balaban J connectivity index is 2.00. The largest absolute Gasteiger partial charge is 0.388 e. The second-order valence-corrected chi connectivity index (χ2v) is 5.39. The van der Waals surface area contributed by atoms with E-state index in [1.54, 1.807) is 6.20 Å². The molecule has 2 heterocycles. The molecule has 0 saturated heterocycles. The number of rotatable bonds is 3. The Bertz CT molecular complexity index is 969. The maximum Gasteiger partial charge on any atom is 0.134 e. The Labute approximate surface area is 133 Å². The summed E-state index contributed by atoms with van der Waals surface area (Å²) in [5, 5.41) is 15.2. The van der Waals surface area contributed by atoms with Gasteiger partial charge in [-0.05, 0) is 18.2 Å². The standard InChI is InChI=1S/C18H16N4O/c1-21-16(11-19-17(21)12-23)18-14-9-5-6-10-15(14)22(20-18)13-7-3-2-4-8-13/h2-11,23H,12H2,1H3. The molecule has 0 aliphatic carbocycles. The molecule has 5 nitrogen and oxygen atoms in total. The van der Waals surface area contributed by atoms with Crippen LogP contribution < -0.4 is 0 Å². The fourth-order valence-corrected chi connectivity index (χ4v) is 2.84. The van der Waals surface area contributed by atoms with Gasteiger partial charge in [-0.15, -0.1) is 0 Å². The quantitative estimate of drug-likeness (QED) is 0.633. The van der Waals surface area contributed by atoms with Gasteiger partial charge in [0.2, 0.25) is 0 Å². The molecule has 0 bridgehead atoms. The first-order valence-corrected chi connectivity index (χ1v) is 7.44. The van der Waals surface area contributed by atoms with Crippen molar-refractivity contribution in [3.8, 4) is 17.1 Å². The van der Waals surface area contributed by atoms with E-state index in [4.69, 9.17) is 5.10 Å². The number of hydrogen-bond acceptors (Lipinski definition) is 3. The van der Waals surface area contributed by atoms with Gasteiger partial charge in [0.25, 0.3) is 0 Å². The minimum Gasteiger partial charge on any atom is -0.388 e. The molecule has 4 aromatic rings. The number of nitrogens with zero attached hydrogens (tertiary/aromatic N) is 4. The van der Waals surface area contributed by atoms with Crippen molar-refractivity contribution in [3.63, 3.8) is 0 Å². The second-order valence-electron chi connectivity index (χ2n) is 5.39. The van der Waals surface area contributed by atoms with Crippen LogP contribution in [0.1, 0.15) is 5.82 Å². The van der Waals surface area contributed by atoms with Crippen molar-refractivity contribution in [1.29, 1.82) is 0 Å². The summed E-state index contributed by atoms with van der Waals surface area (Å²) in [5.41, 5.74) is 3.80. The highest BCUT2D eigenvalue weighted by atomic mass is 16.3. The zero-order chi connectivity index (χ0) is 15.8. The molecule has 5 heteroatoms. The number of benzene rings is 2. The first-order valence-electron chi connectivity index (χ1n) is 7.44. The zero-order valence-electron chi connectivity index (χ0n) is 12.7. The predicted molar refractivity (Wildman–Crippen MR) is 89.2 cm³/mol. The van der Waals surface area contributed by atoms with E-state index in [1.165, 1.54) is 0 Å². The van der Waals surface area contributed by atoms with Crippen LogP contribution in [-0.4, -0.2) is 24.4 Å².